The van der Waals surface area contributed by atoms with Crippen molar-refractivity contribution in [3.05, 3.63) is 29.6 Å². The van der Waals surface area contributed by atoms with Crippen molar-refractivity contribution in [3.8, 4) is 17.6 Å². The van der Waals surface area contributed by atoms with E-state index < -0.39 is 11.8 Å². The second-order valence-corrected chi connectivity index (χ2v) is 6.93. The summed E-state index contributed by atoms with van der Waals surface area (Å²) >= 11 is 0. The molecule has 0 aliphatic carbocycles. The summed E-state index contributed by atoms with van der Waals surface area (Å²) in [6, 6.07) is 4.32. The molecule has 1 N–H and O–H groups in total. The molecular weight excluding hydrogens is 343 g/mol. The molecule has 0 heterocycles. The van der Waals surface area contributed by atoms with E-state index in [2.05, 4.69) is 12.8 Å². The molecular formula is C23H33FO3. The van der Waals surface area contributed by atoms with Crippen molar-refractivity contribution in [1.29, 1.82) is 0 Å². The number of carboxylic acids is 1. The monoisotopic (exact) mass is 376 g/mol. The lowest BCUT2D eigenvalue weighted by molar-refractivity contribution is -0.130. The molecule has 150 valence electrons. The predicted molar refractivity (Wildman–Crippen MR) is 107 cm³/mol. The van der Waals surface area contributed by atoms with Gasteiger partial charge in [-0.15, -0.1) is 0 Å². The first-order chi connectivity index (χ1) is 13.1. The number of rotatable bonds is 14. The lowest BCUT2D eigenvalue weighted by Gasteiger charge is -2.07. The smallest absolute Gasteiger partial charge is 0.382 e. The summed E-state index contributed by atoms with van der Waals surface area (Å²) < 4.78 is 19.3. The van der Waals surface area contributed by atoms with Gasteiger partial charge in [-0.1, -0.05) is 83.5 Å². The van der Waals surface area contributed by atoms with Crippen LogP contribution in [0.5, 0.6) is 5.75 Å². The molecule has 0 aliphatic heterocycles. The van der Waals surface area contributed by atoms with Crippen LogP contribution in [0.1, 0.15) is 89.5 Å². The molecule has 0 bridgehead atoms. The van der Waals surface area contributed by atoms with Crippen LogP contribution in [-0.4, -0.2) is 17.7 Å². The number of carbonyl (C=O) groups is 1. The molecule has 0 aromatic heterocycles. The third-order valence-electron chi connectivity index (χ3n) is 4.51. The summed E-state index contributed by atoms with van der Waals surface area (Å²) in [5.41, 5.74) is 0.0649. The number of ether oxygens (including phenoxy) is 1. The quantitative estimate of drug-likeness (QED) is 0.304. The number of benzene rings is 1. The van der Waals surface area contributed by atoms with E-state index in [1.165, 1.54) is 76.3 Å². The summed E-state index contributed by atoms with van der Waals surface area (Å²) in [6.07, 6.45) is 15.5. The van der Waals surface area contributed by atoms with Crippen molar-refractivity contribution in [1.82, 2.24) is 0 Å². The average molecular weight is 377 g/mol. The Kier molecular flexibility index (Phi) is 12.9. The summed E-state index contributed by atoms with van der Waals surface area (Å²) in [7, 11) is 0. The minimum absolute atomic E-state index is 0.0649. The Hall–Kier alpha value is -2.02. The lowest BCUT2D eigenvalue weighted by atomic mass is 10.1. The molecule has 0 saturated heterocycles. The fraction of sp³-hybridized carbons (Fsp3) is 0.609. The van der Waals surface area contributed by atoms with Crippen molar-refractivity contribution in [2.75, 3.05) is 6.61 Å². The van der Waals surface area contributed by atoms with E-state index in [0.717, 1.165) is 12.8 Å². The van der Waals surface area contributed by atoms with Gasteiger partial charge in [0, 0.05) is 12.0 Å². The fourth-order valence-electron chi connectivity index (χ4n) is 2.94. The normalized spacial score (nSPS) is 10.3. The molecule has 0 atom stereocenters. The molecule has 1 rings (SSSR count). The zero-order valence-corrected chi connectivity index (χ0v) is 16.6. The SMILES string of the molecule is CCCCCCCCCCCCCCOc1ccc(C#CC(=O)O)c(F)c1. The van der Waals surface area contributed by atoms with Gasteiger partial charge in [0.05, 0.1) is 12.2 Å². The maximum absolute atomic E-state index is 13.8. The van der Waals surface area contributed by atoms with Crippen LogP contribution in [0.15, 0.2) is 18.2 Å². The van der Waals surface area contributed by atoms with Gasteiger partial charge in [0.1, 0.15) is 11.6 Å². The first-order valence-electron chi connectivity index (χ1n) is 10.3. The van der Waals surface area contributed by atoms with E-state index in [1.54, 1.807) is 6.07 Å². The first kappa shape index (κ1) is 23.0. The summed E-state index contributed by atoms with van der Waals surface area (Å²) in [6.45, 7) is 2.82. The van der Waals surface area contributed by atoms with Crippen LogP contribution in [0.2, 0.25) is 0 Å². The van der Waals surface area contributed by atoms with Crippen LogP contribution in [0.3, 0.4) is 0 Å². The molecule has 3 nitrogen and oxygen atoms in total. The Balaban J connectivity index is 2.03. The van der Waals surface area contributed by atoms with Gasteiger partial charge >= 0.3 is 5.97 Å². The minimum atomic E-state index is -1.28. The standard InChI is InChI=1S/C23H33FO3/c1-2-3-4-5-6-7-8-9-10-11-12-13-18-27-21-16-14-20(22(24)19-21)15-17-23(25)26/h14,16,19H,2-13,18H2,1H3,(H,25,26). The lowest BCUT2D eigenvalue weighted by Crippen LogP contribution is -1.98. The van der Waals surface area contributed by atoms with Crippen molar-refractivity contribution >= 4 is 5.97 Å². The number of hydrogen-bond donors (Lipinski definition) is 1. The predicted octanol–water partition coefficient (Wildman–Crippen LogP) is 6.34. The number of carboxylic acid groups (broad SMARTS) is 1. The maximum Gasteiger partial charge on any atom is 0.382 e. The van der Waals surface area contributed by atoms with Crippen molar-refractivity contribution in [2.45, 2.75) is 84.0 Å². The van der Waals surface area contributed by atoms with Crippen LogP contribution < -0.4 is 4.74 Å². The van der Waals surface area contributed by atoms with Crippen LogP contribution in [0, 0.1) is 17.7 Å². The van der Waals surface area contributed by atoms with Gasteiger partial charge < -0.3 is 9.84 Å². The highest BCUT2D eigenvalue weighted by Gasteiger charge is 2.03. The van der Waals surface area contributed by atoms with Crippen molar-refractivity contribution < 1.29 is 19.0 Å². The number of unbranched alkanes of at least 4 members (excludes halogenated alkanes) is 11. The fourth-order valence-corrected chi connectivity index (χ4v) is 2.94. The van der Waals surface area contributed by atoms with Crippen molar-refractivity contribution in [2.24, 2.45) is 0 Å². The molecule has 0 aliphatic rings. The minimum Gasteiger partial charge on any atom is -0.493 e. The van der Waals surface area contributed by atoms with E-state index in [-0.39, 0.29) is 5.56 Å². The molecule has 27 heavy (non-hydrogen) atoms. The third kappa shape index (κ3) is 12.1. The van der Waals surface area contributed by atoms with Gasteiger partial charge in [-0.25, -0.2) is 9.18 Å². The van der Waals surface area contributed by atoms with Gasteiger partial charge in [-0.2, -0.15) is 0 Å². The van der Waals surface area contributed by atoms with Gasteiger partial charge in [-0.05, 0) is 18.6 Å². The van der Waals surface area contributed by atoms with Gasteiger partial charge in [0.15, 0.2) is 0 Å². The van der Waals surface area contributed by atoms with Crippen LogP contribution >= 0.6 is 0 Å². The Morgan fingerprint density at radius 3 is 2.04 bits per heavy atom. The second-order valence-electron chi connectivity index (χ2n) is 6.93. The van der Waals surface area contributed by atoms with E-state index >= 15 is 0 Å². The van der Waals surface area contributed by atoms with Gasteiger partial charge in [0.25, 0.3) is 0 Å². The van der Waals surface area contributed by atoms with Crippen LogP contribution in [0.25, 0.3) is 0 Å². The Bertz CT molecular complexity index is 601. The van der Waals surface area contributed by atoms with E-state index in [0.29, 0.717) is 12.4 Å². The largest absolute Gasteiger partial charge is 0.493 e. The van der Waals surface area contributed by atoms with Crippen LogP contribution in [-0.2, 0) is 4.79 Å². The highest BCUT2D eigenvalue weighted by molar-refractivity contribution is 5.87. The Morgan fingerprint density at radius 1 is 0.963 bits per heavy atom. The van der Waals surface area contributed by atoms with Crippen LogP contribution in [0.4, 0.5) is 4.39 Å². The third-order valence-corrected chi connectivity index (χ3v) is 4.51. The van der Waals surface area contributed by atoms with Crippen molar-refractivity contribution in [3.63, 3.8) is 0 Å². The van der Waals surface area contributed by atoms with E-state index in [4.69, 9.17) is 9.84 Å². The Labute approximate surface area is 163 Å². The van der Waals surface area contributed by atoms with Gasteiger partial charge in [0.2, 0.25) is 0 Å². The van der Waals surface area contributed by atoms with E-state index in [9.17, 15) is 9.18 Å². The van der Waals surface area contributed by atoms with Gasteiger partial charge in [-0.3, -0.25) is 0 Å². The molecule has 0 spiro atoms. The molecule has 0 unspecified atom stereocenters. The summed E-state index contributed by atoms with van der Waals surface area (Å²) in [5.74, 6) is 2.80. The number of hydrogen-bond acceptors (Lipinski definition) is 2. The zero-order valence-electron chi connectivity index (χ0n) is 16.6. The topological polar surface area (TPSA) is 46.5 Å². The Morgan fingerprint density at radius 2 is 1.52 bits per heavy atom. The summed E-state index contributed by atoms with van der Waals surface area (Å²) in [5, 5.41) is 8.49. The molecule has 1 aromatic rings. The number of halogens is 1. The second kappa shape index (κ2) is 15.1. The molecule has 1 aromatic carbocycles. The summed E-state index contributed by atoms with van der Waals surface area (Å²) in [4.78, 5) is 10.4. The molecule has 0 radical (unpaired) electrons. The highest BCUT2D eigenvalue weighted by Crippen LogP contribution is 2.17. The molecule has 0 amide bonds. The number of aliphatic carboxylic acids is 1. The first-order valence-corrected chi connectivity index (χ1v) is 10.3. The maximum atomic E-state index is 13.8. The van der Waals surface area contributed by atoms with E-state index in [1.807, 2.05) is 5.92 Å². The average Bonchev–Trinajstić information content (AvgIpc) is 2.64. The molecule has 4 heteroatoms. The molecule has 0 fully saturated rings. The molecule has 0 saturated carbocycles. The highest BCUT2D eigenvalue weighted by atomic mass is 19.1. The zero-order chi connectivity index (χ0) is 19.7.